The van der Waals surface area contributed by atoms with Crippen LogP contribution in [0.3, 0.4) is 0 Å². The molecule has 0 saturated carbocycles. The minimum atomic E-state index is 0.144. The van der Waals surface area contributed by atoms with Gasteiger partial charge in [0.25, 0.3) is 0 Å². The predicted molar refractivity (Wildman–Crippen MR) is 226 cm³/mol. The second-order valence-corrected chi connectivity index (χ2v) is 14.8. The van der Waals surface area contributed by atoms with E-state index in [4.69, 9.17) is 0 Å². The van der Waals surface area contributed by atoms with Crippen molar-refractivity contribution >= 4 is 23.1 Å². The summed E-state index contributed by atoms with van der Waals surface area (Å²) in [6, 6.07) is 20.0. The molecule has 0 spiro atoms. The maximum atomic E-state index is 11.3. The Morgan fingerprint density at radius 1 is 0.466 bits per heavy atom. The molecule has 0 fully saturated rings. The third-order valence-electron chi connectivity index (χ3n) is 9.21. The number of carbonyl (C=O) groups excluding carboxylic acids is 4. The average Bonchev–Trinajstić information content (AvgIpc) is 3.19. The van der Waals surface area contributed by atoms with Gasteiger partial charge in [0.1, 0.15) is 0 Å². The average molecular weight is 799 g/mol. The van der Waals surface area contributed by atoms with E-state index in [9.17, 15) is 19.2 Å². The number of aromatic nitrogens is 4. The Kier molecular flexibility index (Phi) is 24.9. The lowest BCUT2D eigenvalue weighted by Gasteiger charge is -2.07. The molecule has 4 rings (SSSR count). The molecule has 12 heteroatoms. The Balaban J connectivity index is 0.000000351. The molecule has 4 N–H and O–H groups in total. The van der Waals surface area contributed by atoms with E-state index in [0.29, 0.717) is 39.3 Å². The van der Waals surface area contributed by atoms with Crippen LogP contribution in [0.2, 0.25) is 0 Å². The van der Waals surface area contributed by atoms with Gasteiger partial charge in [-0.25, -0.2) is 0 Å². The molecule has 0 aliphatic heterocycles. The van der Waals surface area contributed by atoms with Crippen LogP contribution in [-0.4, -0.2) is 49.3 Å². The van der Waals surface area contributed by atoms with Crippen molar-refractivity contribution in [2.75, 3.05) is 26.2 Å². The Labute approximate surface area is 347 Å². The molecule has 4 heterocycles. The summed E-state index contributed by atoms with van der Waals surface area (Å²) in [4.78, 5) is 44.8. The molecule has 0 atom stereocenters. The standard InChI is InChI=1S/2C20H28N4O2.C6H14/c1-17(25)15-23-9-3-19(4-10-23)13-21-7-8-22-14-20-5-11-24(12-6-20)16-18(2)26;1-17(25)15-23-11-5-3-7-19(23)13-21-9-10-22-14-20-8-4-6-12-24(20)16-18(2)26;1-4-6(3)5-2/h3-6,9-12,21-22H,7-8,13-16H2,1-2H3;3-8,11-12,21-22H,9-10,13-16H2,1-2H3;6H,4-5H2,1-3H3/q2*+2;. The molecule has 0 aliphatic carbocycles. The van der Waals surface area contributed by atoms with Crippen LogP contribution in [0.4, 0.5) is 0 Å². The van der Waals surface area contributed by atoms with Gasteiger partial charge in [0.2, 0.25) is 26.2 Å². The first-order valence-electron chi connectivity index (χ1n) is 20.6. The molecular formula is C46H70N8O4+4. The number of ketones is 4. The molecule has 0 aliphatic rings. The summed E-state index contributed by atoms with van der Waals surface area (Å²) in [6.45, 7) is 21.2. The highest BCUT2D eigenvalue weighted by Gasteiger charge is 2.13. The van der Waals surface area contributed by atoms with Crippen LogP contribution in [0.5, 0.6) is 0 Å². The fourth-order valence-corrected chi connectivity index (χ4v) is 5.61. The molecule has 0 unspecified atom stereocenters. The quantitative estimate of drug-likeness (QED) is 0.0629. The van der Waals surface area contributed by atoms with Gasteiger partial charge in [-0.1, -0.05) is 45.7 Å². The van der Waals surface area contributed by atoms with Crippen molar-refractivity contribution in [3.8, 4) is 0 Å². The minimum absolute atomic E-state index is 0.144. The van der Waals surface area contributed by atoms with E-state index in [1.807, 2.05) is 116 Å². The van der Waals surface area contributed by atoms with Gasteiger partial charge in [-0.15, -0.1) is 0 Å². The van der Waals surface area contributed by atoms with E-state index in [1.165, 1.54) is 24.0 Å². The molecule has 0 radical (unpaired) electrons. The van der Waals surface area contributed by atoms with Crippen LogP contribution in [0, 0.1) is 5.92 Å². The largest absolute Gasteiger partial charge is 0.311 e. The third-order valence-corrected chi connectivity index (χ3v) is 9.21. The molecule has 58 heavy (non-hydrogen) atoms. The van der Waals surface area contributed by atoms with Gasteiger partial charge in [-0.2, -0.15) is 18.3 Å². The maximum absolute atomic E-state index is 11.3. The van der Waals surface area contributed by atoms with Crippen molar-refractivity contribution in [3.05, 3.63) is 120 Å². The number of Topliss-reactive ketones (excluding diaryl/α,β-unsaturated/α-hetero) is 4. The molecule has 4 aromatic heterocycles. The van der Waals surface area contributed by atoms with E-state index >= 15 is 0 Å². The van der Waals surface area contributed by atoms with Crippen LogP contribution in [0.25, 0.3) is 0 Å². The van der Waals surface area contributed by atoms with Crippen LogP contribution < -0.4 is 39.5 Å². The zero-order valence-corrected chi connectivity index (χ0v) is 36.1. The van der Waals surface area contributed by atoms with Gasteiger partial charge >= 0.3 is 0 Å². The summed E-state index contributed by atoms with van der Waals surface area (Å²) in [5.41, 5.74) is 4.57. The van der Waals surface area contributed by atoms with E-state index in [0.717, 1.165) is 56.6 Å². The van der Waals surface area contributed by atoms with Gasteiger partial charge in [-0.05, 0) is 17.0 Å². The van der Waals surface area contributed by atoms with E-state index in [2.05, 4.69) is 42.0 Å². The van der Waals surface area contributed by atoms with Crippen molar-refractivity contribution in [1.29, 1.82) is 0 Å². The van der Waals surface area contributed by atoms with Gasteiger partial charge < -0.3 is 21.3 Å². The minimum Gasteiger partial charge on any atom is -0.311 e. The summed E-state index contributed by atoms with van der Waals surface area (Å²) < 4.78 is 7.70. The van der Waals surface area contributed by atoms with Crippen LogP contribution in [0.1, 0.15) is 83.8 Å². The number of nitrogens with zero attached hydrogens (tertiary/aromatic N) is 4. The Hall–Kier alpha value is -4.88. The van der Waals surface area contributed by atoms with Crippen LogP contribution in [-0.2, 0) is 71.5 Å². The first-order chi connectivity index (χ1) is 27.9. The Morgan fingerprint density at radius 3 is 1.09 bits per heavy atom. The van der Waals surface area contributed by atoms with Crippen molar-refractivity contribution in [1.82, 2.24) is 21.3 Å². The van der Waals surface area contributed by atoms with Gasteiger partial charge in [0, 0.05) is 115 Å². The number of rotatable bonds is 24. The summed E-state index contributed by atoms with van der Waals surface area (Å²) in [7, 11) is 0. The molecule has 314 valence electrons. The normalized spacial score (nSPS) is 10.6. The zero-order valence-electron chi connectivity index (χ0n) is 36.1. The van der Waals surface area contributed by atoms with Crippen LogP contribution >= 0.6 is 0 Å². The van der Waals surface area contributed by atoms with Gasteiger partial charge in [0.05, 0.1) is 13.1 Å². The highest BCUT2D eigenvalue weighted by molar-refractivity contribution is 5.74. The Bertz CT molecular complexity index is 1670. The van der Waals surface area contributed by atoms with Crippen molar-refractivity contribution in [2.45, 2.75) is 114 Å². The Morgan fingerprint density at radius 2 is 0.793 bits per heavy atom. The van der Waals surface area contributed by atoms with Crippen molar-refractivity contribution in [2.24, 2.45) is 5.92 Å². The number of carbonyl (C=O) groups is 4. The topological polar surface area (TPSA) is 132 Å². The molecule has 0 aromatic carbocycles. The lowest BCUT2D eigenvalue weighted by molar-refractivity contribution is -0.692. The van der Waals surface area contributed by atoms with Gasteiger partial charge in [0.15, 0.2) is 71.7 Å². The highest BCUT2D eigenvalue weighted by Crippen LogP contribution is 2.03. The lowest BCUT2D eigenvalue weighted by atomic mass is 10.1. The molecule has 12 nitrogen and oxygen atoms in total. The van der Waals surface area contributed by atoms with Crippen molar-refractivity contribution < 1.29 is 37.4 Å². The third kappa shape index (κ3) is 22.8. The second-order valence-electron chi connectivity index (χ2n) is 14.8. The van der Waals surface area contributed by atoms with E-state index in [-0.39, 0.29) is 23.1 Å². The molecular weight excluding hydrogens is 729 g/mol. The van der Waals surface area contributed by atoms with Crippen molar-refractivity contribution in [3.63, 3.8) is 0 Å². The number of hydrogen-bond donors (Lipinski definition) is 4. The molecule has 0 bridgehead atoms. The molecule has 0 amide bonds. The number of nitrogens with one attached hydrogen (secondary N) is 4. The van der Waals surface area contributed by atoms with Gasteiger partial charge in [-0.3, -0.25) is 19.2 Å². The van der Waals surface area contributed by atoms with E-state index < -0.39 is 0 Å². The first-order valence-corrected chi connectivity index (χ1v) is 20.6. The summed E-state index contributed by atoms with van der Waals surface area (Å²) in [5, 5.41) is 13.6. The SMILES string of the molecule is CC(=O)C[n+]1ccc(CNCCNCc2cc[n+](CC(C)=O)cc2)cc1.CC(=O)C[n+]1ccccc1CNCCNCc1cccc[n+]1CC(C)=O.CCC(C)CC. The monoisotopic (exact) mass is 799 g/mol. The smallest absolute Gasteiger partial charge is 0.206 e. The fourth-order valence-electron chi connectivity index (χ4n) is 5.61. The van der Waals surface area contributed by atoms with Crippen LogP contribution in [0.15, 0.2) is 97.8 Å². The number of pyridine rings is 4. The summed E-state index contributed by atoms with van der Waals surface area (Å²) in [6.07, 6.45) is 14.3. The fraction of sp³-hybridized carbons (Fsp3) is 0.478. The maximum Gasteiger partial charge on any atom is 0.206 e. The predicted octanol–water partition coefficient (Wildman–Crippen LogP) is 3.08. The highest BCUT2D eigenvalue weighted by atomic mass is 16.1. The zero-order chi connectivity index (χ0) is 42.5. The summed E-state index contributed by atoms with van der Waals surface area (Å²) >= 11 is 0. The molecule has 0 saturated heterocycles. The molecule has 4 aromatic rings. The first kappa shape index (κ1) is 49.3. The second kappa shape index (κ2) is 29.4. The van der Waals surface area contributed by atoms with E-state index in [1.54, 1.807) is 27.7 Å². The summed E-state index contributed by atoms with van der Waals surface area (Å²) in [5.74, 6) is 1.53. The lowest BCUT2D eigenvalue weighted by Crippen LogP contribution is -2.44. The number of hydrogen-bond acceptors (Lipinski definition) is 8.